The number of aromatic nitrogens is 3. The molecule has 1 aliphatic heterocycles. The first-order chi connectivity index (χ1) is 14.2. The van der Waals surface area contributed by atoms with E-state index in [0.717, 1.165) is 50.0 Å². The van der Waals surface area contributed by atoms with E-state index >= 15 is 0 Å². The molecule has 6 nitrogen and oxygen atoms in total. The molecule has 1 aliphatic rings. The largest absolute Gasteiger partial charge is 0.297 e. The monoisotopic (exact) mass is 405 g/mol. The van der Waals surface area contributed by atoms with Crippen LogP contribution in [0, 0.1) is 6.92 Å². The third-order valence-corrected chi connectivity index (χ3v) is 6.41. The number of hydrogen-bond donors (Lipinski definition) is 0. The van der Waals surface area contributed by atoms with Crippen molar-refractivity contribution in [1.82, 2.24) is 24.4 Å². The average Bonchev–Trinajstić information content (AvgIpc) is 3.12. The van der Waals surface area contributed by atoms with E-state index in [9.17, 15) is 4.79 Å². The van der Waals surface area contributed by atoms with E-state index in [-0.39, 0.29) is 5.56 Å². The van der Waals surface area contributed by atoms with Gasteiger partial charge in [-0.15, -0.1) is 0 Å². The van der Waals surface area contributed by atoms with Crippen molar-refractivity contribution in [3.8, 4) is 0 Å². The second-order valence-electron chi connectivity index (χ2n) is 7.62. The van der Waals surface area contributed by atoms with E-state index in [1.165, 1.54) is 38.3 Å². The van der Waals surface area contributed by atoms with Crippen molar-refractivity contribution in [2.75, 3.05) is 26.2 Å². The van der Waals surface area contributed by atoms with Crippen molar-refractivity contribution in [3.05, 3.63) is 75.1 Å². The summed E-state index contributed by atoms with van der Waals surface area (Å²) in [6.07, 6.45) is 0. The van der Waals surface area contributed by atoms with Crippen molar-refractivity contribution in [1.29, 1.82) is 0 Å². The van der Waals surface area contributed by atoms with Gasteiger partial charge in [-0.05, 0) is 23.3 Å². The Morgan fingerprint density at radius 3 is 2.52 bits per heavy atom. The van der Waals surface area contributed by atoms with Crippen molar-refractivity contribution in [2.24, 2.45) is 0 Å². The van der Waals surface area contributed by atoms with Crippen molar-refractivity contribution < 1.29 is 0 Å². The summed E-state index contributed by atoms with van der Waals surface area (Å²) in [6.45, 7) is 7.67. The van der Waals surface area contributed by atoms with Crippen LogP contribution in [0.4, 0.5) is 0 Å². The maximum absolute atomic E-state index is 12.1. The lowest BCUT2D eigenvalue weighted by atomic mass is 10.0. The summed E-state index contributed by atoms with van der Waals surface area (Å²) in [5.74, 6) is 0. The number of hydrogen-bond acceptors (Lipinski definition) is 6. The predicted octanol–water partition coefficient (Wildman–Crippen LogP) is 2.93. The number of piperazine rings is 1. The molecule has 1 saturated heterocycles. The van der Waals surface area contributed by atoms with E-state index in [1.807, 2.05) is 6.92 Å². The van der Waals surface area contributed by atoms with Gasteiger partial charge in [-0.3, -0.25) is 14.6 Å². The molecule has 0 atom stereocenters. The molecule has 0 unspecified atom stereocenters. The van der Waals surface area contributed by atoms with Gasteiger partial charge in [-0.1, -0.05) is 53.8 Å². The number of nitrogens with zero attached hydrogens (tertiary/aromatic N) is 5. The van der Waals surface area contributed by atoms with Crippen LogP contribution >= 0.6 is 11.3 Å². The van der Waals surface area contributed by atoms with Gasteiger partial charge in [0.05, 0.1) is 6.54 Å². The van der Waals surface area contributed by atoms with Crippen LogP contribution in [0.25, 0.3) is 15.7 Å². The lowest BCUT2D eigenvalue weighted by Crippen LogP contribution is -2.45. The lowest BCUT2D eigenvalue weighted by molar-refractivity contribution is 0.122. The molecule has 0 saturated carbocycles. The normalized spacial score (nSPS) is 16.0. The zero-order valence-electron chi connectivity index (χ0n) is 16.4. The van der Waals surface area contributed by atoms with Crippen LogP contribution < -0.4 is 5.56 Å². The molecule has 5 rings (SSSR count). The molecule has 4 aromatic rings. The van der Waals surface area contributed by atoms with Crippen molar-refractivity contribution >= 4 is 27.1 Å². The highest BCUT2D eigenvalue weighted by Crippen LogP contribution is 2.21. The number of fused-ring (bicyclic) bond motifs is 2. The first-order valence-corrected chi connectivity index (χ1v) is 10.8. The van der Waals surface area contributed by atoms with E-state index in [0.29, 0.717) is 4.96 Å². The molecule has 0 aliphatic carbocycles. The molecule has 29 heavy (non-hydrogen) atoms. The molecule has 0 N–H and O–H groups in total. The van der Waals surface area contributed by atoms with Gasteiger partial charge in [0.2, 0.25) is 4.96 Å². The number of rotatable bonds is 4. The Balaban J connectivity index is 1.24. The van der Waals surface area contributed by atoms with Gasteiger partial charge >= 0.3 is 0 Å². The Bertz CT molecular complexity index is 1220. The summed E-state index contributed by atoms with van der Waals surface area (Å²) < 4.78 is 1.42. The molecule has 2 aromatic heterocycles. The molecule has 7 heteroatoms. The van der Waals surface area contributed by atoms with Gasteiger partial charge in [-0.25, -0.2) is 4.98 Å². The number of aryl methyl sites for hydroxylation is 1. The summed E-state index contributed by atoms with van der Waals surface area (Å²) >= 11 is 1.51. The van der Waals surface area contributed by atoms with E-state index in [4.69, 9.17) is 0 Å². The smallest absolute Gasteiger partial charge is 0.275 e. The second kappa shape index (κ2) is 7.67. The van der Waals surface area contributed by atoms with Gasteiger partial charge in [0.1, 0.15) is 5.01 Å². The van der Waals surface area contributed by atoms with E-state index < -0.39 is 0 Å². The average molecular weight is 406 g/mol. The van der Waals surface area contributed by atoms with E-state index in [2.05, 4.69) is 62.3 Å². The van der Waals surface area contributed by atoms with Crippen LogP contribution in [0.1, 0.15) is 16.3 Å². The zero-order chi connectivity index (χ0) is 19.8. The molecule has 3 heterocycles. The fourth-order valence-corrected chi connectivity index (χ4v) is 4.98. The maximum Gasteiger partial charge on any atom is 0.275 e. The highest BCUT2D eigenvalue weighted by Gasteiger charge is 2.19. The standard InChI is InChI=1S/C22H23N5OS/c1-16-13-21(28)27-22(23-16)29-20(24-27)15-26-11-9-25(10-12-26)14-18-7-4-6-17-5-2-3-8-19(17)18/h2-8,13H,9-12,14-15H2,1H3. The molecule has 148 valence electrons. The molecular formula is C22H23N5OS. The summed E-state index contributed by atoms with van der Waals surface area (Å²) in [6, 6.07) is 16.7. The van der Waals surface area contributed by atoms with Gasteiger partial charge in [0, 0.05) is 44.5 Å². The summed E-state index contributed by atoms with van der Waals surface area (Å²) in [4.78, 5) is 22.1. The topological polar surface area (TPSA) is 53.7 Å². The second-order valence-corrected chi connectivity index (χ2v) is 8.66. The van der Waals surface area contributed by atoms with Gasteiger partial charge in [0.15, 0.2) is 0 Å². The van der Waals surface area contributed by atoms with Crippen LogP contribution in [0.15, 0.2) is 53.3 Å². The third-order valence-electron chi connectivity index (χ3n) is 5.51. The summed E-state index contributed by atoms with van der Waals surface area (Å²) in [7, 11) is 0. The minimum atomic E-state index is -0.102. The molecule has 0 radical (unpaired) electrons. The highest BCUT2D eigenvalue weighted by molar-refractivity contribution is 7.16. The summed E-state index contributed by atoms with van der Waals surface area (Å²) in [5, 5.41) is 8.07. The lowest BCUT2D eigenvalue weighted by Gasteiger charge is -2.34. The van der Waals surface area contributed by atoms with Gasteiger partial charge in [-0.2, -0.15) is 9.61 Å². The Kier molecular flexibility index (Phi) is 4.87. The van der Waals surface area contributed by atoms with Gasteiger partial charge in [0.25, 0.3) is 5.56 Å². The van der Waals surface area contributed by atoms with Crippen LogP contribution in [-0.2, 0) is 13.1 Å². The Hall–Kier alpha value is -2.61. The molecular weight excluding hydrogens is 382 g/mol. The molecule has 0 bridgehead atoms. The van der Waals surface area contributed by atoms with E-state index in [1.54, 1.807) is 0 Å². The zero-order valence-corrected chi connectivity index (χ0v) is 17.2. The quantitative estimate of drug-likeness (QED) is 0.523. The Labute approximate surface area is 173 Å². The first-order valence-electron chi connectivity index (χ1n) is 9.93. The fourth-order valence-electron chi connectivity index (χ4n) is 3.99. The first kappa shape index (κ1) is 18.4. The Morgan fingerprint density at radius 2 is 1.69 bits per heavy atom. The van der Waals surface area contributed by atoms with Crippen molar-refractivity contribution in [2.45, 2.75) is 20.0 Å². The molecule has 2 aromatic carbocycles. The molecule has 0 spiro atoms. The molecule has 0 amide bonds. The minimum absolute atomic E-state index is 0.102. The predicted molar refractivity (Wildman–Crippen MR) is 116 cm³/mol. The molecule has 1 fully saturated rings. The SMILES string of the molecule is Cc1cc(=O)n2nc(CN3CCN(Cc4cccc5ccccc45)CC3)sc2n1. The van der Waals surface area contributed by atoms with Gasteiger partial charge < -0.3 is 0 Å². The third kappa shape index (κ3) is 3.81. The van der Waals surface area contributed by atoms with Crippen LogP contribution in [0.3, 0.4) is 0 Å². The van der Waals surface area contributed by atoms with Crippen LogP contribution in [0.2, 0.25) is 0 Å². The summed E-state index contributed by atoms with van der Waals surface area (Å²) in [5.41, 5.74) is 2.03. The number of benzene rings is 2. The highest BCUT2D eigenvalue weighted by atomic mass is 32.1. The fraction of sp³-hybridized carbons (Fsp3) is 0.318. The van der Waals surface area contributed by atoms with Crippen LogP contribution in [-0.4, -0.2) is 50.6 Å². The van der Waals surface area contributed by atoms with Crippen LogP contribution in [0.5, 0.6) is 0 Å². The minimum Gasteiger partial charge on any atom is -0.297 e. The maximum atomic E-state index is 12.1. The Morgan fingerprint density at radius 1 is 0.966 bits per heavy atom. The van der Waals surface area contributed by atoms with Crippen molar-refractivity contribution in [3.63, 3.8) is 0 Å².